The zero-order valence-electron chi connectivity index (χ0n) is 87.3. The lowest BCUT2D eigenvalue weighted by atomic mass is 9.30. The van der Waals surface area contributed by atoms with E-state index in [2.05, 4.69) is 525 Å². The van der Waals surface area contributed by atoms with Gasteiger partial charge in [0.15, 0.2) is 0 Å². The van der Waals surface area contributed by atoms with Gasteiger partial charge in [-0.05, 0) is 323 Å². The largest absolute Gasteiger partial charge is 0.311 e. The first-order valence-electron chi connectivity index (χ1n) is 51.9. The molecule has 0 saturated heterocycles. The van der Waals surface area contributed by atoms with Crippen molar-refractivity contribution < 1.29 is 0 Å². The Balaban J connectivity index is 0.855. The van der Waals surface area contributed by atoms with Gasteiger partial charge in [-0.25, -0.2) is 0 Å². The first-order chi connectivity index (χ1) is 67.5. The first kappa shape index (κ1) is 89.4. The summed E-state index contributed by atoms with van der Waals surface area (Å²) >= 11 is 0. The minimum atomic E-state index is -0.661. The molecule has 0 unspecified atom stereocenters. The fourth-order valence-corrected chi connectivity index (χ4v) is 26.0. The standard InChI is InChI=1S/C136H128B2N4/c1-127(2,3)83-67-84(128(4,5)6)72-91(71-83)139-115-61-39-37-59-111(115)137-113-79-114-118(80-117(113)141(93-75-87(131(13,14)15)69-88(76-93)132(16,17)18)121-65-81(63-119(139)125(121)137)95-49-41-51-103-101-47-29-35-57-109(101)135(123(95)103)105-53-31-25-43-97(105)98-44-26-32-54-106(98)135)142(94-77-89(133(19,20)21)70-90(78-94)134(22,23)24)122-66-82(64-120-126(122)138(114)112-60-38-40-62-116(112)140(120)92-73-85(129(7,8)9)68-86(74-92)130(10,11)12)96-50-42-52-104-102-48-30-36-58-110(102)136(124(96)104)107-55-33-27-45-99(107)100-46-28-34-56-108(100)136/h25-80H,1-24H3. The lowest BCUT2D eigenvalue weighted by Gasteiger charge is -2.48. The van der Waals surface area contributed by atoms with Crippen LogP contribution in [-0.4, -0.2) is 13.4 Å². The summed E-state index contributed by atoms with van der Waals surface area (Å²) < 4.78 is 0. The van der Waals surface area contributed by atoms with E-state index in [9.17, 15) is 0 Å². The highest BCUT2D eigenvalue weighted by Gasteiger charge is 2.57. The number of benzene rings is 17. The average molecular weight is 1840 g/mol. The lowest BCUT2D eigenvalue weighted by Crippen LogP contribution is -2.65. The summed E-state index contributed by atoms with van der Waals surface area (Å²) in [5.41, 5.74) is 54.5. The Morgan fingerprint density at radius 2 is 0.373 bits per heavy atom. The molecule has 17 aromatic rings. The van der Waals surface area contributed by atoms with Gasteiger partial charge >= 0.3 is 0 Å². The predicted octanol–water partition coefficient (Wildman–Crippen LogP) is 32.3. The van der Waals surface area contributed by atoms with Crippen LogP contribution in [0.3, 0.4) is 0 Å². The Morgan fingerprint density at radius 1 is 0.169 bits per heavy atom. The maximum Gasteiger partial charge on any atom is 0.252 e. The summed E-state index contributed by atoms with van der Waals surface area (Å²) in [7, 11) is 0. The molecule has 25 rings (SSSR count). The van der Waals surface area contributed by atoms with Crippen LogP contribution in [0.4, 0.5) is 68.2 Å². The van der Waals surface area contributed by atoms with E-state index in [1.165, 1.54) is 212 Å². The molecule has 0 fully saturated rings. The van der Waals surface area contributed by atoms with Gasteiger partial charge in [0.2, 0.25) is 0 Å². The smallest absolute Gasteiger partial charge is 0.252 e. The monoisotopic (exact) mass is 1840 g/mol. The Hall–Kier alpha value is -13.9. The Morgan fingerprint density at radius 3 is 0.620 bits per heavy atom. The molecule has 4 aliphatic carbocycles. The zero-order valence-corrected chi connectivity index (χ0v) is 87.3. The number of rotatable bonds is 6. The van der Waals surface area contributed by atoms with Gasteiger partial charge in [0.1, 0.15) is 0 Å². The number of fused-ring (bicyclic) bond motifs is 28. The fraction of sp³-hybridized carbons (Fsp3) is 0.250. The van der Waals surface area contributed by atoms with Crippen LogP contribution in [0, 0.1) is 0 Å². The molecule has 4 aliphatic heterocycles. The maximum absolute atomic E-state index is 2.82. The topological polar surface area (TPSA) is 13.0 Å². The molecule has 142 heavy (non-hydrogen) atoms. The van der Waals surface area contributed by atoms with Gasteiger partial charge < -0.3 is 19.6 Å². The average Bonchev–Trinajstić information content (AvgIpc) is 1.22. The van der Waals surface area contributed by atoms with Crippen molar-refractivity contribution in [2.45, 2.75) is 220 Å². The molecule has 0 N–H and O–H groups in total. The number of anilines is 12. The van der Waals surface area contributed by atoms with Crippen LogP contribution in [0.15, 0.2) is 340 Å². The van der Waals surface area contributed by atoms with Crippen LogP contribution in [0.1, 0.15) is 255 Å². The highest BCUT2D eigenvalue weighted by atomic mass is 15.2. The maximum atomic E-state index is 2.82. The molecule has 0 saturated carbocycles. The van der Waals surface area contributed by atoms with Gasteiger partial charge in [-0.15, -0.1) is 0 Å². The van der Waals surface area contributed by atoms with Crippen molar-refractivity contribution in [1.82, 2.24) is 0 Å². The second-order valence-electron chi connectivity index (χ2n) is 50.5. The summed E-state index contributed by atoms with van der Waals surface area (Å²) in [6.07, 6.45) is 0. The molecule has 6 heteroatoms. The quantitative estimate of drug-likeness (QED) is 0.154. The fourth-order valence-electron chi connectivity index (χ4n) is 26.0. The third kappa shape index (κ3) is 13.0. The van der Waals surface area contributed by atoms with E-state index in [0.717, 1.165) is 45.3 Å². The number of hydrogen-bond donors (Lipinski definition) is 0. The Labute approximate surface area is 843 Å². The van der Waals surface area contributed by atoms with E-state index >= 15 is 0 Å². The molecule has 0 radical (unpaired) electrons. The van der Waals surface area contributed by atoms with Crippen LogP contribution in [0.5, 0.6) is 0 Å². The summed E-state index contributed by atoms with van der Waals surface area (Å²) in [6, 6.07) is 137. The van der Waals surface area contributed by atoms with E-state index in [-0.39, 0.29) is 56.7 Å². The molecule has 0 amide bonds. The van der Waals surface area contributed by atoms with Gasteiger partial charge in [-0.2, -0.15) is 0 Å². The Kier molecular flexibility index (Phi) is 19.1. The van der Waals surface area contributed by atoms with E-state index in [1.54, 1.807) is 0 Å². The van der Waals surface area contributed by atoms with E-state index in [4.69, 9.17) is 0 Å². The van der Waals surface area contributed by atoms with E-state index in [0.29, 0.717) is 0 Å². The predicted molar refractivity (Wildman–Crippen MR) is 608 cm³/mol. The third-order valence-corrected chi connectivity index (χ3v) is 33.4. The minimum Gasteiger partial charge on any atom is -0.311 e. The molecule has 698 valence electrons. The highest BCUT2D eigenvalue weighted by Crippen LogP contribution is 2.68. The van der Waals surface area contributed by atoms with E-state index < -0.39 is 10.8 Å². The van der Waals surface area contributed by atoms with Crippen molar-refractivity contribution in [2.24, 2.45) is 0 Å². The summed E-state index contributed by atoms with van der Waals surface area (Å²) in [4.78, 5) is 11.1. The van der Waals surface area contributed by atoms with Crippen LogP contribution >= 0.6 is 0 Å². The van der Waals surface area contributed by atoms with Gasteiger partial charge in [-0.1, -0.05) is 415 Å². The Bertz CT molecular complexity index is 7560. The van der Waals surface area contributed by atoms with E-state index in [1.807, 2.05) is 0 Å². The van der Waals surface area contributed by atoms with Crippen molar-refractivity contribution in [3.63, 3.8) is 0 Å². The molecule has 2 spiro atoms. The van der Waals surface area contributed by atoms with Crippen LogP contribution in [0.2, 0.25) is 0 Å². The van der Waals surface area contributed by atoms with Crippen LogP contribution < -0.4 is 52.4 Å². The molecule has 8 aliphatic rings. The van der Waals surface area contributed by atoms with Crippen LogP contribution in [-0.2, 0) is 54.1 Å². The first-order valence-corrected chi connectivity index (χ1v) is 51.9. The zero-order chi connectivity index (χ0) is 98.6. The van der Waals surface area contributed by atoms with Gasteiger partial charge in [-0.3, -0.25) is 0 Å². The number of hydrogen-bond acceptors (Lipinski definition) is 4. The second kappa shape index (κ2) is 30.3. The molecule has 4 heterocycles. The molecule has 0 bridgehead atoms. The molecule has 0 atom stereocenters. The number of para-hydroxylation sites is 2. The molecule has 4 nitrogen and oxygen atoms in total. The van der Waals surface area contributed by atoms with Gasteiger partial charge in [0.05, 0.1) is 10.8 Å². The van der Waals surface area contributed by atoms with Crippen molar-refractivity contribution in [3.8, 4) is 66.8 Å². The summed E-state index contributed by atoms with van der Waals surface area (Å²) in [6.45, 7) is 57.3. The normalized spacial score (nSPS) is 15.1. The molecule has 0 aromatic heterocycles. The second-order valence-corrected chi connectivity index (χ2v) is 50.5. The molecule has 17 aromatic carbocycles. The number of nitrogens with zero attached hydrogens (tertiary/aromatic N) is 4. The lowest BCUT2D eigenvalue weighted by molar-refractivity contribution is 0.568. The van der Waals surface area contributed by atoms with Gasteiger partial charge in [0.25, 0.3) is 13.4 Å². The summed E-state index contributed by atoms with van der Waals surface area (Å²) in [5.74, 6) is 0. The SMILES string of the molecule is CC(C)(C)c1cc(N2c3ccccc3B3c4cc5c(cc4N(c4cc(C(C)(C)C)cc(C(C)(C)C)c4)c4cc(-c6cccc7c6C6(c8ccccc8-c8ccccc86)c6ccccc6-7)cc2c43)N(c2cc(C(C)(C)C)cc(C(C)(C)C)c2)c2cc(-c3cccc4c3C3(c6ccccc6-c6ccccc63)c3ccccc3-4)cc3c2B5c2ccccc2N3c2cc(C(C)(C)C)cc(C(C)(C)C)c2)cc(C(C)(C)C)c1. The molecular formula is C136H128B2N4. The van der Waals surface area contributed by atoms with Crippen LogP contribution in [0.25, 0.3) is 66.8 Å². The highest BCUT2D eigenvalue weighted by molar-refractivity contribution is 7.03. The van der Waals surface area contributed by atoms with Crippen molar-refractivity contribution in [3.05, 3.63) is 429 Å². The van der Waals surface area contributed by atoms with Crippen molar-refractivity contribution >= 4 is 114 Å². The minimum absolute atomic E-state index is 0.197. The van der Waals surface area contributed by atoms with Crippen molar-refractivity contribution in [2.75, 3.05) is 19.6 Å². The summed E-state index contributed by atoms with van der Waals surface area (Å²) in [5, 5.41) is 0. The van der Waals surface area contributed by atoms with Gasteiger partial charge in [0, 0.05) is 68.2 Å². The van der Waals surface area contributed by atoms with Crippen molar-refractivity contribution in [1.29, 1.82) is 0 Å². The third-order valence-electron chi connectivity index (χ3n) is 33.4. The molecular weight excluding hydrogens is 1710 g/mol.